The van der Waals surface area contributed by atoms with Crippen LogP contribution in [0.1, 0.15) is 23.8 Å². The maximum absolute atomic E-state index is 10.4. The number of nitrogens with zero attached hydrogens (tertiary/aromatic N) is 3. The van der Waals surface area contributed by atoms with Gasteiger partial charge in [0.1, 0.15) is 35.1 Å². The Morgan fingerprint density at radius 3 is 2.76 bits per heavy atom. The molecule has 0 amide bonds. The third-order valence-electron chi connectivity index (χ3n) is 6.74. The number of rotatable bonds is 8. The number of methoxy groups -OCH3 is 1. The Hall–Kier alpha value is -3.90. The number of hydrogen-bond donors (Lipinski definition) is 2. The molecule has 8 heteroatoms. The molecule has 1 saturated heterocycles. The highest BCUT2D eigenvalue weighted by Gasteiger charge is 2.20. The summed E-state index contributed by atoms with van der Waals surface area (Å²) >= 11 is 0. The smallest absolute Gasteiger partial charge is 0.161 e. The molecule has 4 aromatic rings. The SMILES string of the molecule is COc1cc(C(O)N(C)C)ccc1-c1cc2nccc(-c3ccc(OCC4CCNC4)c(C#N)c3)c2o1. The van der Waals surface area contributed by atoms with E-state index >= 15 is 0 Å². The molecule has 5 rings (SSSR count). The average Bonchev–Trinajstić information content (AvgIpc) is 3.61. The number of pyridine rings is 1. The number of benzene rings is 2. The molecule has 190 valence electrons. The minimum atomic E-state index is -0.747. The van der Waals surface area contributed by atoms with Crippen LogP contribution < -0.4 is 14.8 Å². The predicted molar refractivity (Wildman–Crippen MR) is 141 cm³/mol. The van der Waals surface area contributed by atoms with Crippen molar-refractivity contribution in [1.29, 1.82) is 5.26 Å². The van der Waals surface area contributed by atoms with E-state index in [0.29, 0.717) is 46.4 Å². The fraction of sp³-hybridized carbons (Fsp3) is 0.310. The molecule has 2 aromatic carbocycles. The fourth-order valence-electron chi connectivity index (χ4n) is 4.64. The van der Waals surface area contributed by atoms with Gasteiger partial charge >= 0.3 is 0 Å². The molecule has 37 heavy (non-hydrogen) atoms. The predicted octanol–water partition coefficient (Wildman–Crippen LogP) is 4.58. The molecular weight excluding hydrogens is 468 g/mol. The first-order valence-corrected chi connectivity index (χ1v) is 12.3. The highest BCUT2D eigenvalue weighted by molar-refractivity contribution is 5.93. The number of nitriles is 1. The van der Waals surface area contributed by atoms with Crippen LogP contribution in [0, 0.1) is 17.2 Å². The molecule has 0 aliphatic carbocycles. The Balaban J connectivity index is 1.48. The van der Waals surface area contributed by atoms with Crippen molar-refractivity contribution in [1.82, 2.24) is 15.2 Å². The molecule has 0 saturated carbocycles. The number of aliphatic hydroxyl groups is 1. The number of furan rings is 1. The lowest BCUT2D eigenvalue weighted by Crippen LogP contribution is -2.19. The lowest BCUT2D eigenvalue weighted by molar-refractivity contribution is 0.0394. The van der Waals surface area contributed by atoms with Gasteiger partial charge in [-0.25, -0.2) is 0 Å². The third kappa shape index (κ3) is 5.02. The first kappa shape index (κ1) is 24.8. The molecule has 2 N–H and O–H groups in total. The van der Waals surface area contributed by atoms with E-state index < -0.39 is 6.23 Å². The Labute approximate surface area is 216 Å². The average molecular weight is 499 g/mol. The summed E-state index contributed by atoms with van der Waals surface area (Å²) in [6.07, 6.45) is 2.07. The first-order chi connectivity index (χ1) is 18.0. The van der Waals surface area contributed by atoms with E-state index in [9.17, 15) is 10.4 Å². The van der Waals surface area contributed by atoms with Crippen molar-refractivity contribution in [2.24, 2.45) is 5.92 Å². The van der Waals surface area contributed by atoms with Crippen molar-refractivity contribution in [3.8, 4) is 40.0 Å². The number of fused-ring (bicyclic) bond motifs is 1. The molecule has 8 nitrogen and oxygen atoms in total. The van der Waals surface area contributed by atoms with Gasteiger partial charge < -0.3 is 24.3 Å². The standard InChI is InChI=1S/C29H30N4O4/c1-33(2)29(34)20-4-6-23(26(13-20)35-3)27-14-24-28(37-27)22(9-11-32-24)19-5-7-25(21(12-19)15-30)36-17-18-8-10-31-16-18/h4-7,9,11-14,18,29,31,34H,8,10,16-17H2,1-3H3. The Bertz CT molecular complexity index is 1450. The van der Waals surface area contributed by atoms with Gasteiger partial charge in [-0.15, -0.1) is 0 Å². The van der Waals surface area contributed by atoms with E-state index in [2.05, 4.69) is 16.4 Å². The number of aliphatic hydroxyl groups excluding tert-OH is 1. The van der Waals surface area contributed by atoms with Crippen LogP contribution >= 0.6 is 0 Å². The van der Waals surface area contributed by atoms with Crippen molar-refractivity contribution in [3.05, 3.63) is 65.9 Å². The zero-order chi connectivity index (χ0) is 25.9. The Morgan fingerprint density at radius 1 is 1.16 bits per heavy atom. The highest BCUT2D eigenvalue weighted by atomic mass is 16.5. The van der Waals surface area contributed by atoms with Crippen LogP contribution in [-0.4, -0.2) is 55.9 Å². The van der Waals surface area contributed by atoms with E-state index in [-0.39, 0.29) is 0 Å². The van der Waals surface area contributed by atoms with Gasteiger partial charge in [-0.1, -0.05) is 12.1 Å². The van der Waals surface area contributed by atoms with Gasteiger partial charge in [0.15, 0.2) is 5.58 Å². The molecular formula is C29H30N4O4. The fourth-order valence-corrected chi connectivity index (χ4v) is 4.64. The topological polar surface area (TPSA) is 104 Å². The number of ether oxygens (including phenoxy) is 2. The molecule has 1 aliphatic heterocycles. The highest BCUT2D eigenvalue weighted by Crippen LogP contribution is 2.39. The summed E-state index contributed by atoms with van der Waals surface area (Å²) in [5.41, 5.74) is 4.94. The minimum absolute atomic E-state index is 0.463. The van der Waals surface area contributed by atoms with Gasteiger partial charge in [0.25, 0.3) is 0 Å². The summed E-state index contributed by atoms with van der Waals surface area (Å²) in [6, 6.07) is 17.2. The monoisotopic (exact) mass is 498 g/mol. The summed E-state index contributed by atoms with van der Waals surface area (Å²) in [7, 11) is 5.20. The van der Waals surface area contributed by atoms with E-state index in [1.807, 2.05) is 42.5 Å². The van der Waals surface area contributed by atoms with Crippen LogP contribution in [0.2, 0.25) is 0 Å². The second-order valence-corrected chi connectivity index (χ2v) is 9.47. The van der Waals surface area contributed by atoms with Crippen molar-refractivity contribution in [2.45, 2.75) is 12.6 Å². The molecule has 2 aromatic heterocycles. The lowest BCUT2D eigenvalue weighted by atomic mass is 10.0. The summed E-state index contributed by atoms with van der Waals surface area (Å²) in [4.78, 5) is 6.21. The second kappa shape index (κ2) is 10.6. The quantitative estimate of drug-likeness (QED) is 0.340. The molecule has 0 spiro atoms. The molecule has 0 radical (unpaired) electrons. The summed E-state index contributed by atoms with van der Waals surface area (Å²) in [6.45, 7) is 2.54. The van der Waals surface area contributed by atoms with E-state index in [1.54, 1.807) is 38.4 Å². The normalized spacial score (nSPS) is 16.2. The zero-order valence-electron chi connectivity index (χ0n) is 21.2. The van der Waals surface area contributed by atoms with Crippen molar-refractivity contribution < 1.29 is 19.0 Å². The van der Waals surface area contributed by atoms with E-state index in [4.69, 9.17) is 13.9 Å². The molecule has 1 fully saturated rings. The maximum atomic E-state index is 10.4. The Kier molecular flexibility index (Phi) is 7.10. The molecule has 2 atom stereocenters. The van der Waals surface area contributed by atoms with Crippen LogP contribution in [0.3, 0.4) is 0 Å². The van der Waals surface area contributed by atoms with Gasteiger partial charge in [-0.3, -0.25) is 9.88 Å². The third-order valence-corrected chi connectivity index (χ3v) is 6.74. The lowest BCUT2D eigenvalue weighted by Gasteiger charge is -2.19. The summed E-state index contributed by atoms with van der Waals surface area (Å²) < 4.78 is 17.9. The van der Waals surface area contributed by atoms with Crippen LogP contribution in [0.5, 0.6) is 11.5 Å². The zero-order valence-corrected chi connectivity index (χ0v) is 21.2. The minimum Gasteiger partial charge on any atom is -0.496 e. The van der Waals surface area contributed by atoms with Crippen LogP contribution in [0.15, 0.2) is 59.1 Å². The van der Waals surface area contributed by atoms with Crippen LogP contribution in [0.4, 0.5) is 0 Å². The van der Waals surface area contributed by atoms with Crippen molar-refractivity contribution >= 4 is 11.1 Å². The number of hydrogen-bond acceptors (Lipinski definition) is 8. The van der Waals surface area contributed by atoms with Gasteiger partial charge in [0.2, 0.25) is 0 Å². The van der Waals surface area contributed by atoms with Crippen LogP contribution in [0.25, 0.3) is 33.6 Å². The molecule has 3 heterocycles. The Morgan fingerprint density at radius 2 is 2.03 bits per heavy atom. The van der Waals surface area contributed by atoms with Crippen molar-refractivity contribution in [3.63, 3.8) is 0 Å². The van der Waals surface area contributed by atoms with Gasteiger partial charge in [-0.2, -0.15) is 5.26 Å². The van der Waals surface area contributed by atoms with Gasteiger partial charge in [0, 0.05) is 30.3 Å². The molecule has 1 aliphatic rings. The maximum Gasteiger partial charge on any atom is 0.161 e. The van der Waals surface area contributed by atoms with Crippen molar-refractivity contribution in [2.75, 3.05) is 40.9 Å². The number of nitrogens with one attached hydrogen (secondary N) is 1. The van der Waals surface area contributed by atoms with Crippen LogP contribution in [-0.2, 0) is 0 Å². The van der Waals surface area contributed by atoms with Gasteiger partial charge in [0.05, 0.1) is 24.8 Å². The number of aromatic nitrogens is 1. The molecule has 0 bridgehead atoms. The first-order valence-electron chi connectivity index (χ1n) is 12.3. The summed E-state index contributed by atoms with van der Waals surface area (Å²) in [5, 5.41) is 23.5. The molecule has 2 unspecified atom stereocenters. The second-order valence-electron chi connectivity index (χ2n) is 9.47. The largest absolute Gasteiger partial charge is 0.496 e. The van der Waals surface area contributed by atoms with E-state index in [0.717, 1.165) is 41.8 Å². The van der Waals surface area contributed by atoms with E-state index in [1.165, 1.54) is 0 Å². The summed E-state index contributed by atoms with van der Waals surface area (Å²) in [5.74, 6) is 2.24. The van der Waals surface area contributed by atoms with Gasteiger partial charge in [-0.05, 0) is 68.5 Å².